The van der Waals surface area contributed by atoms with Crippen molar-refractivity contribution in [3.05, 3.63) is 62.3 Å². The highest BCUT2D eigenvalue weighted by molar-refractivity contribution is 5.91. The van der Waals surface area contributed by atoms with Crippen LogP contribution >= 0.6 is 0 Å². The van der Waals surface area contributed by atoms with E-state index in [-0.39, 0.29) is 17.8 Å². The van der Waals surface area contributed by atoms with Gasteiger partial charge in [-0.15, -0.1) is 0 Å². The number of nitrogens with one attached hydrogen (secondary N) is 1. The first-order valence-electron chi connectivity index (χ1n) is 7.01. The van der Waals surface area contributed by atoms with Gasteiger partial charge >= 0.3 is 0 Å². The van der Waals surface area contributed by atoms with E-state index in [1.807, 2.05) is 6.92 Å². The van der Waals surface area contributed by atoms with Gasteiger partial charge in [0.1, 0.15) is 6.54 Å². The molecule has 1 heterocycles. The number of amides is 1. The van der Waals surface area contributed by atoms with Gasteiger partial charge in [-0.2, -0.15) is 0 Å². The molecule has 0 bridgehead atoms. The number of anilines is 1. The van der Waals surface area contributed by atoms with Crippen LogP contribution in [0.2, 0.25) is 0 Å². The molecule has 1 amide bonds. The molecule has 120 valence electrons. The van der Waals surface area contributed by atoms with Crippen molar-refractivity contribution in [3.8, 4) is 0 Å². The van der Waals surface area contributed by atoms with Crippen LogP contribution in [0.3, 0.4) is 0 Å². The predicted octanol–water partition coefficient (Wildman–Crippen LogP) is 1.66. The van der Waals surface area contributed by atoms with Crippen LogP contribution in [-0.2, 0) is 17.8 Å². The van der Waals surface area contributed by atoms with Crippen LogP contribution in [0.1, 0.15) is 18.2 Å². The Balaban J connectivity index is 2.15. The molecule has 1 N–H and O–H groups in total. The maximum absolute atomic E-state index is 12.1. The molecule has 0 saturated heterocycles. The lowest BCUT2D eigenvalue weighted by Crippen LogP contribution is -2.28. The van der Waals surface area contributed by atoms with Crippen molar-refractivity contribution in [3.63, 3.8) is 0 Å². The summed E-state index contributed by atoms with van der Waals surface area (Å²) in [4.78, 5) is 38.2. The van der Waals surface area contributed by atoms with E-state index in [9.17, 15) is 19.7 Å². The number of carbonyl (C=O) groups is 1. The van der Waals surface area contributed by atoms with Crippen molar-refractivity contribution in [1.29, 1.82) is 0 Å². The van der Waals surface area contributed by atoms with E-state index < -0.39 is 10.8 Å². The Bertz CT molecular complexity index is 813. The molecule has 23 heavy (non-hydrogen) atoms. The van der Waals surface area contributed by atoms with Gasteiger partial charge in [-0.25, -0.2) is 4.98 Å². The maximum atomic E-state index is 12.1. The SMILES string of the molecule is CCc1cc(=O)n(CC(=O)Nc2cc([N+](=O)[O-])ccc2C)cn1. The Hall–Kier alpha value is -3.03. The number of hydrogen-bond donors (Lipinski definition) is 1. The Morgan fingerprint density at radius 3 is 2.74 bits per heavy atom. The van der Waals surface area contributed by atoms with Gasteiger partial charge in [0.25, 0.3) is 11.2 Å². The second-order valence-corrected chi connectivity index (χ2v) is 5.00. The standard InChI is InChI=1S/C15H16N4O4/c1-3-11-6-15(21)18(9-16-11)8-14(20)17-13-7-12(19(22)23)5-4-10(13)2/h4-7,9H,3,8H2,1-2H3,(H,17,20). The van der Waals surface area contributed by atoms with E-state index in [0.717, 1.165) is 0 Å². The predicted molar refractivity (Wildman–Crippen MR) is 84.3 cm³/mol. The molecular formula is C15H16N4O4. The van der Waals surface area contributed by atoms with Crippen LogP contribution in [0.4, 0.5) is 11.4 Å². The Morgan fingerprint density at radius 2 is 2.13 bits per heavy atom. The molecule has 2 aromatic rings. The normalized spacial score (nSPS) is 10.3. The number of nitro groups is 1. The quantitative estimate of drug-likeness (QED) is 0.667. The highest BCUT2D eigenvalue weighted by Gasteiger charge is 2.12. The van der Waals surface area contributed by atoms with Crippen molar-refractivity contribution < 1.29 is 9.72 Å². The molecule has 8 nitrogen and oxygen atoms in total. The van der Waals surface area contributed by atoms with E-state index in [0.29, 0.717) is 23.4 Å². The number of non-ortho nitro benzene ring substituents is 1. The Labute approximate surface area is 131 Å². The molecule has 0 radical (unpaired) electrons. The number of hydrogen-bond acceptors (Lipinski definition) is 5. The smallest absolute Gasteiger partial charge is 0.271 e. The average molecular weight is 316 g/mol. The van der Waals surface area contributed by atoms with Crippen LogP contribution in [-0.4, -0.2) is 20.4 Å². The Kier molecular flexibility index (Phi) is 4.85. The maximum Gasteiger partial charge on any atom is 0.271 e. The molecule has 0 aliphatic rings. The van der Waals surface area contributed by atoms with E-state index in [2.05, 4.69) is 10.3 Å². The lowest BCUT2D eigenvalue weighted by atomic mass is 10.2. The summed E-state index contributed by atoms with van der Waals surface area (Å²) in [5.41, 5.74) is 1.26. The highest BCUT2D eigenvalue weighted by atomic mass is 16.6. The number of rotatable bonds is 5. The molecule has 0 atom stereocenters. The number of carbonyl (C=O) groups excluding carboxylic acids is 1. The van der Waals surface area contributed by atoms with Gasteiger partial charge in [-0.1, -0.05) is 13.0 Å². The topological polar surface area (TPSA) is 107 Å². The van der Waals surface area contributed by atoms with Gasteiger partial charge in [0.2, 0.25) is 5.91 Å². The summed E-state index contributed by atoms with van der Waals surface area (Å²) in [6, 6.07) is 5.58. The largest absolute Gasteiger partial charge is 0.324 e. The fourth-order valence-corrected chi connectivity index (χ4v) is 1.98. The van der Waals surface area contributed by atoms with Crippen LogP contribution in [0.25, 0.3) is 0 Å². The lowest BCUT2D eigenvalue weighted by Gasteiger charge is -2.09. The number of aromatic nitrogens is 2. The average Bonchev–Trinajstić information content (AvgIpc) is 2.51. The van der Waals surface area contributed by atoms with Gasteiger partial charge in [0, 0.05) is 23.9 Å². The summed E-state index contributed by atoms with van der Waals surface area (Å²) in [7, 11) is 0. The van der Waals surface area contributed by atoms with Gasteiger partial charge in [0.05, 0.1) is 16.9 Å². The summed E-state index contributed by atoms with van der Waals surface area (Å²) in [5.74, 6) is -0.457. The second-order valence-electron chi connectivity index (χ2n) is 5.00. The first-order valence-corrected chi connectivity index (χ1v) is 7.01. The highest BCUT2D eigenvalue weighted by Crippen LogP contribution is 2.21. The van der Waals surface area contributed by atoms with Crippen LogP contribution < -0.4 is 10.9 Å². The molecule has 0 fully saturated rings. The van der Waals surface area contributed by atoms with Crippen molar-refractivity contribution in [2.24, 2.45) is 0 Å². The molecule has 0 saturated carbocycles. The molecule has 0 unspecified atom stereocenters. The summed E-state index contributed by atoms with van der Waals surface area (Å²) in [5, 5.41) is 13.4. The summed E-state index contributed by atoms with van der Waals surface area (Å²) < 4.78 is 1.18. The van der Waals surface area contributed by atoms with Gasteiger partial charge in [-0.3, -0.25) is 24.3 Å². The number of nitro benzene ring substituents is 1. The molecule has 1 aromatic heterocycles. The molecule has 0 spiro atoms. The lowest BCUT2D eigenvalue weighted by molar-refractivity contribution is -0.384. The molecule has 8 heteroatoms. The number of nitrogens with zero attached hydrogens (tertiary/aromatic N) is 3. The van der Waals surface area contributed by atoms with Crippen LogP contribution in [0.5, 0.6) is 0 Å². The third-order valence-electron chi connectivity index (χ3n) is 3.32. The minimum absolute atomic E-state index is 0.114. The summed E-state index contributed by atoms with van der Waals surface area (Å²) in [6.45, 7) is 3.39. The number of aryl methyl sites for hydroxylation is 2. The summed E-state index contributed by atoms with van der Waals surface area (Å²) in [6.07, 6.45) is 1.95. The van der Waals surface area contributed by atoms with E-state index in [4.69, 9.17) is 0 Å². The zero-order valence-corrected chi connectivity index (χ0v) is 12.8. The van der Waals surface area contributed by atoms with Crippen LogP contribution in [0.15, 0.2) is 35.4 Å². The third-order valence-corrected chi connectivity index (χ3v) is 3.32. The van der Waals surface area contributed by atoms with E-state index >= 15 is 0 Å². The molecule has 0 aliphatic carbocycles. The van der Waals surface area contributed by atoms with Crippen molar-refractivity contribution in [2.75, 3.05) is 5.32 Å². The fourth-order valence-electron chi connectivity index (χ4n) is 1.98. The first kappa shape index (κ1) is 16.3. The monoisotopic (exact) mass is 316 g/mol. The molecule has 2 rings (SSSR count). The molecular weight excluding hydrogens is 300 g/mol. The van der Waals surface area contributed by atoms with Crippen molar-refractivity contribution in [2.45, 2.75) is 26.8 Å². The van der Waals surface area contributed by atoms with Gasteiger partial charge in [0.15, 0.2) is 0 Å². The Morgan fingerprint density at radius 1 is 1.39 bits per heavy atom. The second kappa shape index (κ2) is 6.82. The van der Waals surface area contributed by atoms with Crippen molar-refractivity contribution in [1.82, 2.24) is 9.55 Å². The van der Waals surface area contributed by atoms with E-state index in [1.165, 1.54) is 29.1 Å². The minimum atomic E-state index is -0.535. The molecule has 1 aromatic carbocycles. The van der Waals surface area contributed by atoms with Crippen LogP contribution in [0, 0.1) is 17.0 Å². The van der Waals surface area contributed by atoms with E-state index in [1.54, 1.807) is 13.0 Å². The molecule has 0 aliphatic heterocycles. The van der Waals surface area contributed by atoms with Crippen molar-refractivity contribution >= 4 is 17.3 Å². The first-order chi connectivity index (χ1) is 10.9. The number of benzene rings is 1. The third kappa shape index (κ3) is 4.00. The zero-order chi connectivity index (χ0) is 17.0. The van der Waals surface area contributed by atoms with Gasteiger partial charge in [-0.05, 0) is 18.9 Å². The summed E-state index contributed by atoms with van der Waals surface area (Å²) >= 11 is 0. The zero-order valence-electron chi connectivity index (χ0n) is 12.8. The van der Waals surface area contributed by atoms with Gasteiger partial charge < -0.3 is 5.32 Å². The minimum Gasteiger partial charge on any atom is -0.324 e. The fraction of sp³-hybridized carbons (Fsp3) is 0.267.